The molecule has 0 fully saturated rings. The number of benzene rings is 1. The Balaban J connectivity index is 2.56. The lowest BCUT2D eigenvalue weighted by Gasteiger charge is -2.07. The fourth-order valence-corrected chi connectivity index (χ4v) is 1.87. The molecule has 90 valence electrons. The van der Waals surface area contributed by atoms with Crippen LogP contribution in [0.2, 0.25) is 0 Å². The van der Waals surface area contributed by atoms with Gasteiger partial charge in [0.05, 0.1) is 12.4 Å². The van der Waals surface area contributed by atoms with Crippen LogP contribution in [0.5, 0.6) is 23.0 Å². The second-order valence-electron chi connectivity index (χ2n) is 3.84. The molecule has 0 aliphatic carbocycles. The molecule has 0 aliphatic heterocycles. The molecule has 18 heavy (non-hydrogen) atoms. The van der Waals surface area contributed by atoms with Crippen LogP contribution < -0.4 is 0 Å². The molecule has 2 heterocycles. The van der Waals surface area contributed by atoms with Crippen molar-refractivity contribution < 1.29 is 20.4 Å². The number of aromatic nitrogens is 2. The fraction of sp³-hybridized carbons (Fsp3) is 0. The minimum absolute atomic E-state index is 0.295. The van der Waals surface area contributed by atoms with Crippen molar-refractivity contribution in [3.05, 3.63) is 24.5 Å². The van der Waals surface area contributed by atoms with Gasteiger partial charge in [0.25, 0.3) is 0 Å². The van der Waals surface area contributed by atoms with Gasteiger partial charge in [-0.1, -0.05) is 0 Å². The summed E-state index contributed by atoms with van der Waals surface area (Å²) in [6.07, 6.45) is 2.20. The molecule has 0 radical (unpaired) electrons. The summed E-state index contributed by atoms with van der Waals surface area (Å²) in [5, 5.41) is 38.8. The van der Waals surface area contributed by atoms with Crippen LogP contribution in [0.1, 0.15) is 0 Å². The van der Waals surface area contributed by atoms with E-state index in [9.17, 15) is 20.4 Å². The van der Waals surface area contributed by atoms with E-state index >= 15 is 0 Å². The lowest BCUT2D eigenvalue weighted by Crippen LogP contribution is -1.86. The lowest BCUT2D eigenvalue weighted by atomic mass is 10.1. The van der Waals surface area contributed by atoms with Crippen molar-refractivity contribution in [3.63, 3.8) is 0 Å². The molecule has 4 N–H and O–H groups in total. The van der Waals surface area contributed by atoms with Crippen LogP contribution in [0.15, 0.2) is 24.5 Å². The van der Waals surface area contributed by atoms with Gasteiger partial charge in [-0.15, -0.1) is 0 Å². The summed E-state index contributed by atoms with van der Waals surface area (Å²) >= 11 is 0. The molecule has 3 rings (SSSR count). The molecule has 0 aliphatic rings. The molecular formula is C12H8N2O4. The summed E-state index contributed by atoms with van der Waals surface area (Å²) < 4.78 is 0. The Morgan fingerprint density at radius 1 is 0.667 bits per heavy atom. The Hall–Kier alpha value is -2.76. The van der Waals surface area contributed by atoms with E-state index < -0.39 is 0 Å². The Kier molecular flexibility index (Phi) is 1.94. The van der Waals surface area contributed by atoms with Crippen molar-refractivity contribution in [2.75, 3.05) is 0 Å². The first-order chi connectivity index (χ1) is 8.59. The number of fused-ring (bicyclic) bond motifs is 3. The second kappa shape index (κ2) is 3.36. The van der Waals surface area contributed by atoms with Crippen molar-refractivity contribution in [2.24, 2.45) is 0 Å². The number of nitrogens with zero attached hydrogens (tertiary/aromatic N) is 2. The van der Waals surface area contributed by atoms with Crippen molar-refractivity contribution in [1.29, 1.82) is 0 Å². The third-order valence-corrected chi connectivity index (χ3v) is 2.78. The van der Waals surface area contributed by atoms with Crippen LogP contribution in [0, 0.1) is 0 Å². The standard InChI is InChI=1S/C12H8N2O4/c15-7-3-13-9-5(11(7)17)1-2-6-10(9)14-4-8(16)12(6)18/h1-4,15-16H,(H,13,17)(H,14,18). The van der Waals surface area contributed by atoms with Gasteiger partial charge in [-0.05, 0) is 12.1 Å². The number of rotatable bonds is 0. The Morgan fingerprint density at radius 3 is 1.44 bits per heavy atom. The van der Waals surface area contributed by atoms with E-state index in [4.69, 9.17) is 0 Å². The first kappa shape index (κ1) is 10.4. The molecule has 1 aromatic carbocycles. The smallest absolute Gasteiger partial charge is 0.176 e. The molecule has 3 aromatic rings. The molecule has 0 saturated heterocycles. The summed E-state index contributed by atoms with van der Waals surface area (Å²) in [7, 11) is 0. The minimum Gasteiger partial charge on any atom is -0.504 e. The molecular weight excluding hydrogens is 236 g/mol. The van der Waals surface area contributed by atoms with Crippen LogP contribution >= 0.6 is 0 Å². The third-order valence-electron chi connectivity index (χ3n) is 2.78. The van der Waals surface area contributed by atoms with E-state index in [1.165, 1.54) is 12.1 Å². The van der Waals surface area contributed by atoms with Crippen molar-refractivity contribution in [1.82, 2.24) is 9.97 Å². The van der Waals surface area contributed by atoms with Gasteiger partial charge in [-0.3, -0.25) is 0 Å². The highest BCUT2D eigenvalue weighted by atomic mass is 16.3. The molecule has 0 atom stereocenters. The number of hydrogen-bond donors (Lipinski definition) is 4. The molecule has 0 unspecified atom stereocenters. The predicted molar refractivity (Wildman–Crippen MR) is 63.7 cm³/mol. The normalized spacial score (nSPS) is 11.1. The number of pyridine rings is 2. The van der Waals surface area contributed by atoms with Gasteiger partial charge in [0.15, 0.2) is 23.0 Å². The zero-order valence-corrected chi connectivity index (χ0v) is 8.99. The molecule has 6 nitrogen and oxygen atoms in total. The van der Waals surface area contributed by atoms with Crippen LogP contribution in [0.25, 0.3) is 21.8 Å². The Bertz CT molecular complexity index is 719. The van der Waals surface area contributed by atoms with Crippen molar-refractivity contribution in [2.45, 2.75) is 0 Å². The highest BCUT2D eigenvalue weighted by Gasteiger charge is 2.13. The van der Waals surface area contributed by atoms with Gasteiger partial charge < -0.3 is 20.4 Å². The first-order valence-electron chi connectivity index (χ1n) is 5.10. The molecule has 0 saturated carbocycles. The quantitative estimate of drug-likeness (QED) is 0.447. The SMILES string of the molecule is Oc1cnc2c(ccc3c(O)c(O)cnc32)c1O. The highest BCUT2D eigenvalue weighted by Crippen LogP contribution is 2.38. The van der Waals surface area contributed by atoms with Gasteiger partial charge in [-0.2, -0.15) is 0 Å². The van der Waals surface area contributed by atoms with Gasteiger partial charge in [0.1, 0.15) is 11.0 Å². The fourth-order valence-electron chi connectivity index (χ4n) is 1.87. The summed E-state index contributed by atoms with van der Waals surface area (Å²) in [5.74, 6) is -1.25. The maximum atomic E-state index is 9.71. The summed E-state index contributed by atoms with van der Waals surface area (Å²) in [6.45, 7) is 0. The lowest BCUT2D eigenvalue weighted by molar-refractivity contribution is 0.405. The zero-order chi connectivity index (χ0) is 12.9. The molecule has 0 bridgehead atoms. The average molecular weight is 244 g/mol. The average Bonchev–Trinajstić information content (AvgIpc) is 2.38. The highest BCUT2D eigenvalue weighted by molar-refractivity contribution is 6.07. The summed E-state index contributed by atoms with van der Waals surface area (Å²) in [6, 6.07) is 2.97. The van der Waals surface area contributed by atoms with E-state index in [0.29, 0.717) is 21.8 Å². The Labute approximate surface area is 100 Å². The van der Waals surface area contributed by atoms with Gasteiger partial charge in [0.2, 0.25) is 0 Å². The largest absolute Gasteiger partial charge is 0.504 e. The second-order valence-corrected chi connectivity index (χ2v) is 3.84. The zero-order valence-electron chi connectivity index (χ0n) is 8.99. The maximum absolute atomic E-state index is 9.71. The maximum Gasteiger partial charge on any atom is 0.176 e. The van der Waals surface area contributed by atoms with Gasteiger partial charge in [-0.25, -0.2) is 9.97 Å². The van der Waals surface area contributed by atoms with Gasteiger partial charge in [0, 0.05) is 10.8 Å². The van der Waals surface area contributed by atoms with Crippen molar-refractivity contribution in [3.8, 4) is 23.0 Å². The molecule has 0 amide bonds. The molecule has 0 spiro atoms. The monoisotopic (exact) mass is 244 g/mol. The minimum atomic E-state index is -0.329. The summed E-state index contributed by atoms with van der Waals surface area (Å²) in [5.41, 5.74) is 0.663. The van der Waals surface area contributed by atoms with E-state index in [1.807, 2.05) is 0 Å². The van der Waals surface area contributed by atoms with Crippen LogP contribution in [0.4, 0.5) is 0 Å². The first-order valence-corrected chi connectivity index (χ1v) is 5.10. The summed E-state index contributed by atoms with van der Waals surface area (Å²) in [4.78, 5) is 7.95. The Morgan fingerprint density at radius 2 is 1.06 bits per heavy atom. The molecule has 6 heteroatoms. The number of hydrogen-bond acceptors (Lipinski definition) is 6. The van der Waals surface area contributed by atoms with Crippen molar-refractivity contribution >= 4 is 21.8 Å². The topological polar surface area (TPSA) is 107 Å². The number of aromatic hydroxyl groups is 4. The van der Waals surface area contributed by atoms with Crippen LogP contribution in [-0.2, 0) is 0 Å². The molecule has 2 aromatic heterocycles. The predicted octanol–water partition coefficient (Wildman–Crippen LogP) is 1.61. The van der Waals surface area contributed by atoms with Crippen LogP contribution in [0.3, 0.4) is 0 Å². The van der Waals surface area contributed by atoms with E-state index in [2.05, 4.69) is 9.97 Å². The van der Waals surface area contributed by atoms with E-state index in [0.717, 1.165) is 12.4 Å². The third kappa shape index (κ3) is 1.22. The van der Waals surface area contributed by atoms with Crippen LogP contribution in [-0.4, -0.2) is 30.4 Å². The van der Waals surface area contributed by atoms with Gasteiger partial charge >= 0.3 is 0 Å². The van der Waals surface area contributed by atoms with E-state index in [1.54, 1.807) is 0 Å². The van der Waals surface area contributed by atoms with E-state index in [-0.39, 0.29) is 23.0 Å².